The van der Waals surface area contributed by atoms with E-state index in [-0.39, 0.29) is 57.6 Å². The van der Waals surface area contributed by atoms with Gasteiger partial charge in [0.2, 0.25) is 53.2 Å². The van der Waals surface area contributed by atoms with Gasteiger partial charge in [0.15, 0.2) is 5.96 Å². The van der Waals surface area contributed by atoms with Crippen molar-refractivity contribution in [2.24, 2.45) is 28.1 Å². The third-order valence-corrected chi connectivity index (χ3v) is 12.3. The number of nitrogens with one attached hydrogen (secondary N) is 10. The van der Waals surface area contributed by atoms with E-state index in [4.69, 9.17) is 17.2 Å². The Morgan fingerprint density at radius 2 is 1.42 bits per heavy atom. The summed E-state index contributed by atoms with van der Waals surface area (Å²) in [5.74, 6) is -7.57. The fraction of sp³-hybridized carbons (Fsp3) is 0.460. The molecule has 2 aromatic carbocycles. The number of hydrogen-bond donors (Lipinski definition) is 13. The fourth-order valence-electron chi connectivity index (χ4n) is 8.40. The van der Waals surface area contributed by atoms with Crippen LogP contribution in [0.1, 0.15) is 82.5 Å². The molecule has 24 nitrogen and oxygen atoms in total. The lowest BCUT2D eigenvalue weighted by atomic mass is 9.98. The number of hydrogen-bond acceptors (Lipinski definition) is 11. The molecule has 3 heterocycles. The molecule has 1 saturated heterocycles. The van der Waals surface area contributed by atoms with E-state index in [0.717, 1.165) is 10.9 Å². The maximum Gasteiger partial charge on any atom is 0.243 e. The van der Waals surface area contributed by atoms with Gasteiger partial charge in [-0.3, -0.25) is 48.1 Å². The Bertz CT molecular complexity index is 2600. The topological polar surface area (TPSA) is 385 Å². The third-order valence-electron chi connectivity index (χ3n) is 12.3. The van der Waals surface area contributed by atoms with E-state index < -0.39 is 108 Å². The van der Waals surface area contributed by atoms with E-state index >= 15 is 0 Å². The number of carbonyl (C=O) groups is 9. The average molecular weight is 1020 g/mol. The molecule has 0 aliphatic carbocycles. The number of primary amides is 1. The molecule has 74 heavy (non-hydrogen) atoms. The molecule has 1 fully saturated rings. The second-order valence-electron chi connectivity index (χ2n) is 18.6. The molecule has 24 heteroatoms. The predicted octanol–water partition coefficient (Wildman–Crippen LogP) is -1.39. The van der Waals surface area contributed by atoms with Crippen LogP contribution < -0.4 is 59.7 Å². The van der Waals surface area contributed by atoms with Crippen molar-refractivity contribution in [3.05, 3.63) is 90.1 Å². The molecule has 4 aromatic rings. The number of aromatic amines is 2. The van der Waals surface area contributed by atoms with E-state index in [1.807, 2.05) is 24.3 Å². The first-order valence-electron chi connectivity index (χ1n) is 24.6. The van der Waals surface area contributed by atoms with Gasteiger partial charge >= 0.3 is 0 Å². The summed E-state index contributed by atoms with van der Waals surface area (Å²) in [6.45, 7) is 4.83. The zero-order valence-electron chi connectivity index (χ0n) is 41.8. The Balaban J connectivity index is 1.50. The second kappa shape index (κ2) is 28.1. The number of para-hydroxylation sites is 1. The summed E-state index contributed by atoms with van der Waals surface area (Å²) in [6, 6.07) is 6.87. The molecule has 0 radical (unpaired) electrons. The highest BCUT2D eigenvalue weighted by atomic mass is 16.2. The Hall–Kier alpha value is -8.31. The van der Waals surface area contributed by atoms with Crippen LogP contribution in [-0.2, 0) is 62.4 Å². The van der Waals surface area contributed by atoms with Crippen LogP contribution in [0.25, 0.3) is 10.9 Å². The zero-order chi connectivity index (χ0) is 53.7. The maximum absolute atomic E-state index is 14.6. The van der Waals surface area contributed by atoms with Crippen molar-refractivity contribution in [1.82, 2.24) is 57.5 Å². The van der Waals surface area contributed by atoms with Crippen molar-refractivity contribution in [3.63, 3.8) is 0 Å². The lowest BCUT2D eigenvalue weighted by molar-refractivity contribution is -0.136. The minimum absolute atomic E-state index is 0.0111. The number of nitrogens with zero attached hydrogens (tertiary/aromatic N) is 2. The number of fused-ring (bicyclic) bond motifs is 1. The van der Waals surface area contributed by atoms with Gasteiger partial charge in [-0.2, -0.15) is 0 Å². The van der Waals surface area contributed by atoms with Gasteiger partial charge in [0.05, 0.1) is 12.7 Å². The van der Waals surface area contributed by atoms with Crippen LogP contribution in [-0.4, -0.2) is 129 Å². The normalized spacial score (nSPS) is 21.6. The van der Waals surface area contributed by atoms with Crippen molar-refractivity contribution in [1.29, 1.82) is 0 Å². The Morgan fingerprint density at radius 1 is 0.757 bits per heavy atom. The summed E-state index contributed by atoms with van der Waals surface area (Å²) in [7, 11) is 0. The molecule has 9 amide bonds. The van der Waals surface area contributed by atoms with Crippen LogP contribution in [0, 0.1) is 5.92 Å². The van der Waals surface area contributed by atoms with Gasteiger partial charge in [-0.05, 0) is 48.8 Å². The van der Waals surface area contributed by atoms with Gasteiger partial charge < -0.3 is 69.7 Å². The minimum atomic E-state index is -1.60. The van der Waals surface area contributed by atoms with Crippen molar-refractivity contribution in [2.75, 3.05) is 13.1 Å². The minimum Gasteiger partial charge on any atom is -0.370 e. The first-order valence-corrected chi connectivity index (χ1v) is 24.6. The van der Waals surface area contributed by atoms with E-state index in [2.05, 4.69) is 62.5 Å². The van der Waals surface area contributed by atoms with Crippen LogP contribution in [0.4, 0.5) is 0 Å². The smallest absolute Gasteiger partial charge is 0.243 e. The Morgan fingerprint density at radius 3 is 2.11 bits per heavy atom. The molecule has 5 rings (SSSR count). The molecule has 398 valence electrons. The third kappa shape index (κ3) is 17.8. The van der Waals surface area contributed by atoms with Crippen LogP contribution in [0.2, 0.25) is 0 Å². The molecule has 0 saturated carbocycles. The van der Waals surface area contributed by atoms with Crippen molar-refractivity contribution in [3.8, 4) is 0 Å². The molecule has 2 aromatic heterocycles. The number of aromatic nitrogens is 3. The second-order valence-corrected chi connectivity index (χ2v) is 18.6. The van der Waals surface area contributed by atoms with E-state index in [0.29, 0.717) is 36.1 Å². The van der Waals surface area contributed by atoms with Gasteiger partial charge in [0, 0.05) is 68.3 Å². The first kappa shape index (κ1) is 56.6. The number of carbonyl (C=O) groups excluding carboxylic acids is 9. The summed E-state index contributed by atoms with van der Waals surface area (Å²) >= 11 is 0. The predicted molar refractivity (Wildman–Crippen MR) is 274 cm³/mol. The number of guanidine groups is 1. The molecular weight excluding hydrogens is 955 g/mol. The number of nitrogens with two attached hydrogens (primary N) is 3. The SMILES string of the molecule is CC(=O)N[C@@H](CCCN=C(N)N)C(=O)N[C@H]1CC(=O)NCCCCC[C@@H](C(N)=O)NC(=O)[C@H](Cc2c[nH]c3ccccc23)NC(=O)[C@H](C(C)C)NC(=O)[C@@H](Cc2ccccc2)NC(=O)[C@H](Cc2cnc[nH]2)NC1=O. The standard InChI is InChI=1S/C50H69N15O9/c1-28(2)42-49(74)64-38(22-31-25-57-34-16-10-9-15-33(31)34)45(70)60-35(43(51)68)17-8-5-11-19-55-41(67)24-40(63-44(69)36(59-29(3)66)18-12-20-56-50(52)53)47(72)62-39(23-32-26-54-27-58-32)46(71)61-37(48(73)65-42)21-30-13-6-4-7-14-30/h4,6-7,9-10,13-16,25-28,35-40,42,57H,5,8,11-12,17-24H2,1-3H3,(H2,51,68)(H,54,58)(H,55,67)(H,59,66)(H,60,70)(H,61,71)(H,62,72)(H,63,69)(H,64,74)(H,65,73)(H4,52,53,56)/t35-,36-,37+,38-,39-,40-,42-/m0/s1. The summed E-state index contributed by atoms with van der Waals surface area (Å²) < 4.78 is 0. The zero-order valence-corrected chi connectivity index (χ0v) is 41.8. The Kier molecular flexibility index (Phi) is 21.5. The van der Waals surface area contributed by atoms with Gasteiger partial charge in [0.1, 0.15) is 42.3 Å². The van der Waals surface area contributed by atoms with Crippen LogP contribution in [0.5, 0.6) is 0 Å². The number of amides is 9. The monoisotopic (exact) mass is 1020 g/mol. The van der Waals surface area contributed by atoms with Crippen LogP contribution in [0.15, 0.2) is 78.3 Å². The number of benzene rings is 2. The van der Waals surface area contributed by atoms with Crippen molar-refractivity contribution >= 4 is 70.0 Å². The van der Waals surface area contributed by atoms with E-state index in [1.54, 1.807) is 50.4 Å². The highest BCUT2D eigenvalue weighted by molar-refractivity contribution is 5.99. The van der Waals surface area contributed by atoms with Crippen molar-refractivity contribution < 1.29 is 43.2 Å². The molecule has 0 bridgehead atoms. The lowest BCUT2D eigenvalue weighted by Crippen LogP contribution is -2.61. The lowest BCUT2D eigenvalue weighted by Gasteiger charge is -2.29. The first-order chi connectivity index (χ1) is 35.4. The summed E-state index contributed by atoms with van der Waals surface area (Å²) in [5.41, 5.74) is 19.2. The highest BCUT2D eigenvalue weighted by Gasteiger charge is 2.36. The van der Waals surface area contributed by atoms with Gasteiger partial charge in [-0.15, -0.1) is 0 Å². The van der Waals surface area contributed by atoms with Crippen LogP contribution >= 0.6 is 0 Å². The largest absolute Gasteiger partial charge is 0.370 e. The van der Waals surface area contributed by atoms with Gasteiger partial charge in [0.25, 0.3) is 0 Å². The molecule has 1 aliphatic rings. The number of H-pyrrole nitrogens is 2. The Labute approximate surface area is 428 Å². The number of aliphatic imine (C=N–C) groups is 1. The summed E-state index contributed by atoms with van der Waals surface area (Å²) in [4.78, 5) is 139. The average Bonchev–Trinajstić information content (AvgIpc) is 4.03. The van der Waals surface area contributed by atoms with E-state index in [1.165, 1.54) is 19.4 Å². The van der Waals surface area contributed by atoms with Crippen molar-refractivity contribution in [2.45, 2.75) is 127 Å². The maximum atomic E-state index is 14.6. The molecular formula is C50H69N15O9. The van der Waals surface area contributed by atoms with Crippen LogP contribution in [0.3, 0.4) is 0 Å². The van der Waals surface area contributed by atoms with Gasteiger partial charge in [-0.25, -0.2) is 4.98 Å². The molecule has 0 spiro atoms. The number of imidazole rings is 1. The molecule has 7 atom stereocenters. The fourth-order valence-corrected chi connectivity index (χ4v) is 8.40. The molecule has 1 aliphatic heterocycles. The summed E-state index contributed by atoms with van der Waals surface area (Å²) in [6.07, 6.45) is 5.27. The molecule has 0 unspecified atom stereocenters. The highest BCUT2D eigenvalue weighted by Crippen LogP contribution is 2.20. The van der Waals surface area contributed by atoms with E-state index in [9.17, 15) is 43.2 Å². The number of rotatable bonds is 15. The summed E-state index contributed by atoms with van der Waals surface area (Å²) in [5, 5.41) is 22.4. The quantitative estimate of drug-likeness (QED) is 0.0372. The van der Waals surface area contributed by atoms with Gasteiger partial charge in [-0.1, -0.05) is 75.2 Å². The molecule has 16 N–H and O–H groups in total.